The number of methoxy groups -OCH3 is 1. The van der Waals surface area contributed by atoms with Gasteiger partial charge in [-0.15, -0.1) is 24.0 Å². The molecule has 0 saturated heterocycles. The number of hydrogen-bond acceptors (Lipinski definition) is 4. The van der Waals surface area contributed by atoms with E-state index in [1.165, 1.54) is 0 Å². The second-order valence-corrected chi connectivity index (χ2v) is 5.42. The summed E-state index contributed by atoms with van der Waals surface area (Å²) in [6, 6.07) is 13.8. The van der Waals surface area contributed by atoms with Crippen LogP contribution in [0.1, 0.15) is 11.1 Å². The van der Waals surface area contributed by atoms with Gasteiger partial charge < -0.3 is 25.3 Å². The predicted octanol–water partition coefficient (Wildman–Crippen LogP) is 3.15. The molecule has 2 aromatic rings. The standard InChI is InChI=1S/C18H21N3O3.HI/c1-22-11-14-4-2-3-5-15(14)21-18(19)20-9-8-13-6-7-16-17(10-13)24-12-23-16;/h2-7,10H,8-9,11-12H2,1H3,(H3,19,20,21);1H. The number of nitrogens with two attached hydrogens (primary N) is 1. The maximum atomic E-state index is 5.98. The molecule has 0 atom stereocenters. The Labute approximate surface area is 164 Å². The lowest BCUT2D eigenvalue weighted by atomic mass is 10.1. The minimum Gasteiger partial charge on any atom is -0.454 e. The van der Waals surface area contributed by atoms with Gasteiger partial charge in [0.1, 0.15) is 0 Å². The molecule has 134 valence electrons. The van der Waals surface area contributed by atoms with Gasteiger partial charge in [0, 0.05) is 24.9 Å². The summed E-state index contributed by atoms with van der Waals surface area (Å²) in [6.45, 7) is 1.40. The van der Waals surface area contributed by atoms with Crippen LogP contribution in [0.15, 0.2) is 47.5 Å². The number of benzene rings is 2. The Balaban J connectivity index is 0.00000225. The van der Waals surface area contributed by atoms with Gasteiger partial charge in [-0.05, 0) is 30.2 Å². The van der Waals surface area contributed by atoms with Gasteiger partial charge in [0.2, 0.25) is 6.79 Å². The van der Waals surface area contributed by atoms with Gasteiger partial charge in [0.25, 0.3) is 0 Å². The van der Waals surface area contributed by atoms with Crippen LogP contribution in [0.5, 0.6) is 11.5 Å². The molecule has 0 amide bonds. The summed E-state index contributed by atoms with van der Waals surface area (Å²) in [7, 11) is 1.67. The van der Waals surface area contributed by atoms with Gasteiger partial charge in [-0.1, -0.05) is 24.3 Å². The summed E-state index contributed by atoms with van der Waals surface area (Å²) in [4.78, 5) is 4.38. The number of fused-ring (bicyclic) bond motifs is 1. The van der Waals surface area contributed by atoms with Crippen molar-refractivity contribution in [3.05, 3.63) is 53.6 Å². The van der Waals surface area contributed by atoms with Gasteiger partial charge in [-0.3, -0.25) is 4.99 Å². The molecule has 2 aromatic carbocycles. The monoisotopic (exact) mass is 455 g/mol. The van der Waals surface area contributed by atoms with Crippen LogP contribution in [0.2, 0.25) is 0 Å². The molecule has 0 aliphatic carbocycles. The van der Waals surface area contributed by atoms with Gasteiger partial charge in [0.15, 0.2) is 17.5 Å². The number of nitrogens with one attached hydrogen (secondary N) is 1. The summed E-state index contributed by atoms with van der Waals surface area (Å²) >= 11 is 0. The molecule has 0 fully saturated rings. The van der Waals surface area contributed by atoms with E-state index in [1.54, 1.807) is 7.11 Å². The molecule has 1 aliphatic rings. The van der Waals surface area contributed by atoms with Crippen molar-refractivity contribution in [2.24, 2.45) is 10.7 Å². The van der Waals surface area contributed by atoms with E-state index < -0.39 is 0 Å². The number of halogens is 1. The van der Waals surface area contributed by atoms with Crippen molar-refractivity contribution in [2.45, 2.75) is 13.0 Å². The molecule has 0 radical (unpaired) electrons. The summed E-state index contributed by atoms with van der Waals surface area (Å²) in [5, 5.41) is 3.13. The lowest BCUT2D eigenvalue weighted by Gasteiger charge is -2.10. The van der Waals surface area contributed by atoms with Crippen LogP contribution in [0, 0.1) is 0 Å². The number of hydrogen-bond donors (Lipinski definition) is 2. The van der Waals surface area contributed by atoms with Crippen LogP contribution in [0.4, 0.5) is 5.69 Å². The number of aliphatic imine (C=N–C) groups is 1. The second kappa shape index (κ2) is 9.47. The van der Waals surface area contributed by atoms with Crippen molar-refractivity contribution < 1.29 is 14.2 Å². The zero-order valence-corrected chi connectivity index (χ0v) is 16.4. The van der Waals surface area contributed by atoms with E-state index >= 15 is 0 Å². The number of ether oxygens (including phenoxy) is 3. The van der Waals surface area contributed by atoms with E-state index in [4.69, 9.17) is 19.9 Å². The Bertz CT molecular complexity index is 737. The van der Waals surface area contributed by atoms with Crippen LogP contribution < -0.4 is 20.5 Å². The number of para-hydroxylation sites is 1. The maximum Gasteiger partial charge on any atom is 0.231 e. The van der Waals surface area contributed by atoms with Gasteiger partial charge in [0.05, 0.1) is 6.61 Å². The molecular weight excluding hydrogens is 433 g/mol. The first-order valence-corrected chi connectivity index (χ1v) is 7.78. The largest absolute Gasteiger partial charge is 0.454 e. The molecule has 0 unspecified atom stereocenters. The van der Waals surface area contributed by atoms with Crippen molar-refractivity contribution in [2.75, 3.05) is 25.8 Å². The van der Waals surface area contributed by atoms with E-state index in [0.717, 1.165) is 34.7 Å². The summed E-state index contributed by atoms with van der Waals surface area (Å²) < 4.78 is 15.9. The smallest absolute Gasteiger partial charge is 0.231 e. The highest BCUT2D eigenvalue weighted by molar-refractivity contribution is 14.0. The Hall–Kier alpha value is -2.00. The van der Waals surface area contributed by atoms with Crippen molar-refractivity contribution in [3.8, 4) is 11.5 Å². The highest BCUT2D eigenvalue weighted by Crippen LogP contribution is 2.32. The lowest BCUT2D eigenvalue weighted by molar-refractivity contribution is 0.174. The zero-order chi connectivity index (χ0) is 16.8. The Morgan fingerprint density at radius 3 is 2.84 bits per heavy atom. The molecule has 6 nitrogen and oxygen atoms in total. The first-order valence-electron chi connectivity index (χ1n) is 7.78. The quantitative estimate of drug-likeness (QED) is 0.398. The fourth-order valence-corrected chi connectivity index (χ4v) is 2.50. The van der Waals surface area contributed by atoms with E-state index in [9.17, 15) is 0 Å². The van der Waals surface area contributed by atoms with E-state index in [2.05, 4.69) is 10.3 Å². The minimum atomic E-state index is 0. The minimum absolute atomic E-state index is 0. The number of nitrogens with zero attached hydrogens (tertiary/aromatic N) is 1. The summed E-state index contributed by atoms with van der Waals surface area (Å²) in [5.41, 5.74) is 9.06. The molecule has 0 spiro atoms. The lowest BCUT2D eigenvalue weighted by Crippen LogP contribution is -2.23. The fourth-order valence-electron chi connectivity index (χ4n) is 2.50. The second-order valence-electron chi connectivity index (χ2n) is 5.42. The number of guanidine groups is 1. The van der Waals surface area contributed by atoms with Crippen molar-refractivity contribution >= 4 is 35.6 Å². The molecule has 3 N–H and O–H groups in total. The van der Waals surface area contributed by atoms with Crippen LogP contribution in [-0.4, -0.2) is 26.4 Å². The molecule has 1 aliphatic heterocycles. The van der Waals surface area contributed by atoms with Crippen molar-refractivity contribution in [3.63, 3.8) is 0 Å². The Kier molecular flexibility index (Phi) is 7.32. The topological polar surface area (TPSA) is 78.1 Å². The van der Waals surface area contributed by atoms with Crippen LogP contribution >= 0.6 is 24.0 Å². The van der Waals surface area contributed by atoms with Gasteiger partial charge >= 0.3 is 0 Å². The highest BCUT2D eigenvalue weighted by atomic mass is 127. The third-order valence-corrected chi connectivity index (χ3v) is 3.70. The molecule has 7 heteroatoms. The molecule has 3 rings (SSSR count). The van der Waals surface area contributed by atoms with Gasteiger partial charge in [-0.2, -0.15) is 0 Å². The maximum absolute atomic E-state index is 5.98. The van der Waals surface area contributed by atoms with E-state index in [0.29, 0.717) is 19.1 Å². The fraction of sp³-hybridized carbons (Fsp3) is 0.278. The van der Waals surface area contributed by atoms with E-state index in [-0.39, 0.29) is 30.8 Å². The molecule has 0 bridgehead atoms. The molecular formula is C18H22IN3O3. The number of rotatable bonds is 6. The van der Waals surface area contributed by atoms with Crippen molar-refractivity contribution in [1.29, 1.82) is 0 Å². The normalized spacial score (nSPS) is 12.6. The van der Waals surface area contributed by atoms with Crippen molar-refractivity contribution in [1.82, 2.24) is 0 Å². The molecule has 0 saturated carbocycles. The average Bonchev–Trinajstić information content (AvgIpc) is 3.04. The highest BCUT2D eigenvalue weighted by Gasteiger charge is 2.12. The third kappa shape index (κ3) is 5.23. The summed E-state index contributed by atoms with van der Waals surface area (Å²) in [5.74, 6) is 1.97. The van der Waals surface area contributed by atoms with Gasteiger partial charge in [-0.25, -0.2) is 0 Å². The van der Waals surface area contributed by atoms with E-state index in [1.807, 2.05) is 42.5 Å². The molecule has 0 aromatic heterocycles. The van der Waals surface area contributed by atoms with Crippen LogP contribution in [0.3, 0.4) is 0 Å². The first-order chi connectivity index (χ1) is 11.8. The first kappa shape index (κ1) is 19.3. The Morgan fingerprint density at radius 2 is 2.00 bits per heavy atom. The third-order valence-electron chi connectivity index (χ3n) is 3.70. The molecule has 25 heavy (non-hydrogen) atoms. The van der Waals surface area contributed by atoms with Crippen LogP contribution in [-0.2, 0) is 17.8 Å². The summed E-state index contributed by atoms with van der Waals surface area (Å²) in [6.07, 6.45) is 0.777. The number of anilines is 1. The predicted molar refractivity (Wildman–Crippen MR) is 109 cm³/mol. The zero-order valence-electron chi connectivity index (χ0n) is 14.0. The van der Waals surface area contributed by atoms with Crippen LogP contribution in [0.25, 0.3) is 0 Å². The molecule has 1 heterocycles. The SMILES string of the molecule is COCc1ccccc1NC(N)=NCCc1ccc2c(c1)OCO2.I. The average molecular weight is 455 g/mol. The Morgan fingerprint density at radius 1 is 1.20 bits per heavy atom.